The number of hydrogen-bond donors (Lipinski definition) is 1. The van der Waals surface area contributed by atoms with E-state index in [1.54, 1.807) is 0 Å². The summed E-state index contributed by atoms with van der Waals surface area (Å²) < 4.78 is 40.3. The van der Waals surface area contributed by atoms with Crippen LogP contribution in [0.25, 0.3) is 0 Å². The summed E-state index contributed by atoms with van der Waals surface area (Å²) in [5.74, 6) is 0.645. The van der Waals surface area contributed by atoms with E-state index in [4.69, 9.17) is 9.47 Å². The third-order valence-corrected chi connectivity index (χ3v) is 6.22. The van der Waals surface area contributed by atoms with Gasteiger partial charge >= 0.3 is 0 Å². The van der Waals surface area contributed by atoms with Gasteiger partial charge in [0.05, 0.1) is 18.8 Å². The molecule has 1 aliphatic carbocycles. The first-order valence-electron chi connectivity index (χ1n) is 8.03. The van der Waals surface area contributed by atoms with Crippen LogP contribution in [0.2, 0.25) is 0 Å². The van der Waals surface area contributed by atoms with E-state index in [-0.39, 0.29) is 12.1 Å². The Hall–Kier alpha value is -0.210. The zero-order chi connectivity index (χ0) is 15.3. The molecule has 1 N–H and O–H groups in total. The van der Waals surface area contributed by atoms with Gasteiger partial charge in [-0.2, -0.15) is 17.4 Å². The van der Waals surface area contributed by atoms with E-state index in [0.29, 0.717) is 38.6 Å². The maximum atomic E-state index is 12.3. The summed E-state index contributed by atoms with van der Waals surface area (Å²) >= 11 is 0. The second-order valence-corrected chi connectivity index (χ2v) is 7.55. The van der Waals surface area contributed by atoms with Crippen LogP contribution in [0.15, 0.2) is 0 Å². The Morgan fingerprint density at radius 1 is 1.24 bits per heavy atom. The summed E-state index contributed by atoms with van der Waals surface area (Å²) in [7, 11) is -3.44. The van der Waals surface area contributed by atoms with Crippen LogP contribution in [0.3, 0.4) is 0 Å². The molecule has 1 aliphatic heterocycles. The fourth-order valence-corrected chi connectivity index (χ4v) is 4.24. The van der Waals surface area contributed by atoms with Gasteiger partial charge in [0.15, 0.2) is 0 Å². The highest BCUT2D eigenvalue weighted by Gasteiger charge is 2.33. The molecule has 0 aromatic heterocycles. The lowest BCUT2D eigenvalue weighted by atomic mass is 9.86. The van der Waals surface area contributed by atoms with E-state index < -0.39 is 10.2 Å². The second-order valence-electron chi connectivity index (χ2n) is 5.85. The van der Waals surface area contributed by atoms with Crippen molar-refractivity contribution >= 4 is 10.2 Å². The summed E-state index contributed by atoms with van der Waals surface area (Å²) in [6.07, 6.45) is 4.22. The van der Waals surface area contributed by atoms with Crippen molar-refractivity contribution in [2.24, 2.45) is 5.92 Å². The highest BCUT2D eigenvalue weighted by atomic mass is 32.2. The van der Waals surface area contributed by atoms with Crippen LogP contribution in [0.1, 0.15) is 39.5 Å². The van der Waals surface area contributed by atoms with Crippen LogP contribution in [-0.2, 0) is 19.7 Å². The Morgan fingerprint density at radius 2 is 1.95 bits per heavy atom. The predicted octanol–water partition coefficient (Wildman–Crippen LogP) is 1.14. The van der Waals surface area contributed by atoms with Gasteiger partial charge in [0, 0.05) is 26.3 Å². The Morgan fingerprint density at radius 3 is 2.52 bits per heavy atom. The topological polar surface area (TPSA) is 67.9 Å². The molecule has 21 heavy (non-hydrogen) atoms. The van der Waals surface area contributed by atoms with Crippen molar-refractivity contribution in [2.75, 3.05) is 32.9 Å². The molecule has 2 aliphatic rings. The minimum atomic E-state index is -3.44. The van der Waals surface area contributed by atoms with Crippen LogP contribution >= 0.6 is 0 Å². The van der Waals surface area contributed by atoms with Gasteiger partial charge in [-0.1, -0.05) is 20.3 Å². The maximum Gasteiger partial charge on any atom is 0.279 e. The monoisotopic (exact) mass is 320 g/mol. The molecule has 1 saturated heterocycles. The van der Waals surface area contributed by atoms with Crippen molar-refractivity contribution in [3.05, 3.63) is 0 Å². The molecule has 1 saturated carbocycles. The molecule has 124 valence electrons. The minimum Gasteiger partial charge on any atom is -0.379 e. The second kappa shape index (κ2) is 7.87. The van der Waals surface area contributed by atoms with Gasteiger partial charge in [-0.3, -0.25) is 0 Å². The van der Waals surface area contributed by atoms with E-state index in [0.717, 1.165) is 6.61 Å². The summed E-state index contributed by atoms with van der Waals surface area (Å²) in [5, 5.41) is 0. The third kappa shape index (κ3) is 4.63. The quantitative estimate of drug-likeness (QED) is 0.728. The van der Waals surface area contributed by atoms with Crippen molar-refractivity contribution in [1.29, 1.82) is 0 Å². The molecule has 0 unspecified atom stereocenters. The first kappa shape index (κ1) is 17.1. The van der Waals surface area contributed by atoms with Crippen molar-refractivity contribution in [3.63, 3.8) is 0 Å². The van der Waals surface area contributed by atoms with Gasteiger partial charge in [0.25, 0.3) is 10.2 Å². The van der Waals surface area contributed by atoms with Crippen molar-refractivity contribution in [3.8, 4) is 0 Å². The third-order valence-electron chi connectivity index (χ3n) is 4.42. The summed E-state index contributed by atoms with van der Waals surface area (Å²) in [4.78, 5) is 0. The fraction of sp³-hybridized carbons (Fsp3) is 1.00. The lowest BCUT2D eigenvalue weighted by Gasteiger charge is -2.35. The first-order chi connectivity index (χ1) is 10.1. The summed E-state index contributed by atoms with van der Waals surface area (Å²) in [5.41, 5.74) is 0. The standard InChI is InChI=1S/C14H28N2O4S/c1-3-16(4-2)21(17,18)15-13-8-9-19-11-14(13)20-10-12-6-5-7-12/h12-15H,3-11H2,1-2H3/t13-,14-/m1/s1. The van der Waals surface area contributed by atoms with E-state index in [1.165, 1.54) is 23.6 Å². The zero-order valence-corrected chi connectivity index (χ0v) is 13.9. The fourth-order valence-electron chi connectivity index (χ4n) is 2.76. The summed E-state index contributed by atoms with van der Waals surface area (Å²) in [6.45, 7) is 6.41. The molecule has 0 spiro atoms. The molecular formula is C14H28N2O4S. The smallest absolute Gasteiger partial charge is 0.279 e. The van der Waals surface area contributed by atoms with Crippen LogP contribution in [0, 0.1) is 5.92 Å². The normalized spacial score (nSPS) is 27.8. The highest BCUT2D eigenvalue weighted by Crippen LogP contribution is 2.27. The number of rotatable bonds is 8. The SMILES string of the molecule is CCN(CC)S(=O)(=O)N[C@@H]1CCOC[C@H]1OCC1CCC1. The molecule has 6 nitrogen and oxygen atoms in total. The van der Waals surface area contributed by atoms with Crippen LogP contribution in [-0.4, -0.2) is 57.8 Å². The van der Waals surface area contributed by atoms with Crippen molar-refractivity contribution < 1.29 is 17.9 Å². The van der Waals surface area contributed by atoms with E-state index in [2.05, 4.69) is 4.72 Å². The van der Waals surface area contributed by atoms with Gasteiger partial charge in [-0.05, 0) is 25.2 Å². The molecule has 0 aromatic rings. The number of hydrogen-bond acceptors (Lipinski definition) is 4. The van der Waals surface area contributed by atoms with Crippen LogP contribution in [0.4, 0.5) is 0 Å². The average Bonchev–Trinajstić information content (AvgIpc) is 2.39. The molecule has 2 rings (SSSR count). The Balaban J connectivity index is 1.90. The number of nitrogens with one attached hydrogen (secondary N) is 1. The molecule has 1 heterocycles. The molecule has 2 fully saturated rings. The Labute approximate surface area is 128 Å². The van der Waals surface area contributed by atoms with Crippen molar-refractivity contribution in [2.45, 2.75) is 51.7 Å². The van der Waals surface area contributed by atoms with Crippen molar-refractivity contribution in [1.82, 2.24) is 9.03 Å². The molecule has 0 aromatic carbocycles. The van der Waals surface area contributed by atoms with Gasteiger partial charge in [0.1, 0.15) is 0 Å². The van der Waals surface area contributed by atoms with E-state index in [9.17, 15) is 8.42 Å². The number of nitrogens with zero attached hydrogens (tertiary/aromatic N) is 1. The molecule has 0 amide bonds. The van der Waals surface area contributed by atoms with Gasteiger partial charge in [-0.15, -0.1) is 0 Å². The van der Waals surface area contributed by atoms with Gasteiger partial charge in [-0.25, -0.2) is 0 Å². The molecule has 7 heteroatoms. The largest absolute Gasteiger partial charge is 0.379 e. The van der Waals surface area contributed by atoms with Gasteiger partial charge in [0.2, 0.25) is 0 Å². The summed E-state index contributed by atoms with van der Waals surface area (Å²) in [6, 6.07) is -0.190. The molecule has 2 atom stereocenters. The Bertz CT molecular complexity index is 407. The minimum absolute atomic E-state index is 0.176. The lowest BCUT2D eigenvalue weighted by molar-refractivity contribution is -0.0799. The van der Waals surface area contributed by atoms with Crippen LogP contribution in [0.5, 0.6) is 0 Å². The van der Waals surface area contributed by atoms with E-state index >= 15 is 0 Å². The lowest BCUT2D eigenvalue weighted by Crippen LogP contribution is -2.54. The Kier molecular flexibility index (Phi) is 6.43. The molecular weight excluding hydrogens is 292 g/mol. The van der Waals surface area contributed by atoms with E-state index in [1.807, 2.05) is 13.8 Å². The zero-order valence-electron chi connectivity index (χ0n) is 13.1. The first-order valence-corrected chi connectivity index (χ1v) is 9.47. The van der Waals surface area contributed by atoms with Crippen LogP contribution < -0.4 is 4.72 Å². The highest BCUT2D eigenvalue weighted by molar-refractivity contribution is 7.87. The predicted molar refractivity (Wildman–Crippen MR) is 81.3 cm³/mol. The average molecular weight is 320 g/mol. The maximum absolute atomic E-state index is 12.3. The number of ether oxygens (including phenoxy) is 2. The van der Waals surface area contributed by atoms with Gasteiger partial charge < -0.3 is 9.47 Å². The molecule has 0 bridgehead atoms. The molecule has 0 radical (unpaired) electrons.